The molecular weight excluding hydrogens is 583 g/mol. The summed E-state index contributed by atoms with van der Waals surface area (Å²) in [6, 6.07) is 4.13. The number of pyridine rings is 1. The summed E-state index contributed by atoms with van der Waals surface area (Å²) in [7, 11) is 0. The van der Waals surface area contributed by atoms with Gasteiger partial charge in [-0.05, 0) is 72.0 Å². The SMILES string of the molecule is Cc1cc(F)ccc1-c1cc(N2CCC(O)C2CO)ncc1C(NC(=O)C(C)C)c1cc(C(F)(F)F)cc(C(F)(F)F)c1. The molecule has 1 aliphatic heterocycles. The molecule has 0 spiro atoms. The Kier molecular flexibility index (Phi) is 9.08. The first kappa shape index (κ1) is 32.2. The van der Waals surface area contributed by atoms with Crippen molar-refractivity contribution < 1.29 is 45.7 Å². The minimum absolute atomic E-state index is 0.00488. The number of rotatable bonds is 7. The summed E-state index contributed by atoms with van der Waals surface area (Å²) in [5.74, 6) is -1.65. The second-order valence-electron chi connectivity index (χ2n) is 10.8. The zero-order valence-electron chi connectivity index (χ0n) is 23.4. The van der Waals surface area contributed by atoms with Crippen LogP contribution in [0.25, 0.3) is 11.1 Å². The molecule has 3 unspecified atom stereocenters. The van der Waals surface area contributed by atoms with E-state index in [1.807, 2.05) is 0 Å². The predicted octanol–water partition coefficient (Wildman–Crippen LogP) is 6.03. The second kappa shape index (κ2) is 12.1. The molecule has 1 amide bonds. The third kappa shape index (κ3) is 6.93. The Morgan fingerprint density at radius 1 is 1.02 bits per heavy atom. The van der Waals surface area contributed by atoms with E-state index in [-0.39, 0.29) is 23.0 Å². The lowest BCUT2D eigenvalue weighted by Crippen LogP contribution is -2.38. The molecule has 1 aliphatic rings. The van der Waals surface area contributed by atoms with E-state index in [1.165, 1.54) is 38.2 Å². The molecule has 3 N–H and O–H groups in total. The largest absolute Gasteiger partial charge is 0.416 e. The molecule has 2 heterocycles. The Labute approximate surface area is 243 Å². The number of nitrogens with one attached hydrogen (secondary N) is 1. The summed E-state index contributed by atoms with van der Waals surface area (Å²) in [5, 5.41) is 22.7. The fourth-order valence-electron chi connectivity index (χ4n) is 5.14. The first-order valence-electron chi connectivity index (χ1n) is 13.4. The molecule has 2 aromatic carbocycles. The number of aliphatic hydroxyl groups excluding tert-OH is 2. The van der Waals surface area contributed by atoms with Crippen molar-refractivity contribution in [3.8, 4) is 11.1 Å². The van der Waals surface area contributed by atoms with Crippen molar-refractivity contribution in [3.63, 3.8) is 0 Å². The van der Waals surface area contributed by atoms with Crippen molar-refractivity contribution in [2.75, 3.05) is 18.1 Å². The molecule has 0 bridgehead atoms. The predicted molar refractivity (Wildman–Crippen MR) is 144 cm³/mol. The van der Waals surface area contributed by atoms with Crippen LogP contribution < -0.4 is 10.2 Å². The maximum Gasteiger partial charge on any atom is 0.416 e. The van der Waals surface area contributed by atoms with Crippen molar-refractivity contribution in [1.29, 1.82) is 0 Å². The molecule has 232 valence electrons. The van der Waals surface area contributed by atoms with Crippen LogP contribution in [-0.2, 0) is 17.1 Å². The number of alkyl halides is 6. The molecule has 3 atom stereocenters. The Bertz CT molecular complexity index is 1460. The van der Waals surface area contributed by atoms with Gasteiger partial charge in [0.25, 0.3) is 0 Å². The third-order valence-electron chi connectivity index (χ3n) is 7.46. The highest BCUT2D eigenvalue weighted by Gasteiger charge is 2.39. The van der Waals surface area contributed by atoms with Gasteiger partial charge in [0.2, 0.25) is 5.91 Å². The van der Waals surface area contributed by atoms with Gasteiger partial charge >= 0.3 is 12.4 Å². The van der Waals surface area contributed by atoms with Crippen LogP contribution in [0.3, 0.4) is 0 Å². The fraction of sp³-hybridized carbons (Fsp3) is 0.400. The molecule has 4 rings (SSSR count). The van der Waals surface area contributed by atoms with Crippen LogP contribution in [0, 0.1) is 18.7 Å². The van der Waals surface area contributed by atoms with E-state index in [0.717, 1.165) is 6.07 Å². The maximum atomic E-state index is 14.1. The number of carbonyl (C=O) groups excluding carboxylic acids is 1. The summed E-state index contributed by atoms with van der Waals surface area (Å²) in [6.45, 7) is 4.50. The molecule has 3 aromatic rings. The van der Waals surface area contributed by atoms with E-state index in [2.05, 4.69) is 10.3 Å². The van der Waals surface area contributed by atoms with Gasteiger partial charge < -0.3 is 20.4 Å². The number of hydrogen-bond donors (Lipinski definition) is 3. The first-order valence-corrected chi connectivity index (χ1v) is 13.4. The Hall–Kier alpha value is -3.71. The van der Waals surface area contributed by atoms with E-state index in [9.17, 15) is 45.7 Å². The summed E-state index contributed by atoms with van der Waals surface area (Å²) < 4.78 is 96.9. The van der Waals surface area contributed by atoms with Crippen molar-refractivity contribution in [2.45, 2.75) is 57.7 Å². The number of amides is 1. The normalized spacial score (nSPS) is 18.3. The van der Waals surface area contributed by atoms with Gasteiger partial charge in [-0.2, -0.15) is 26.3 Å². The zero-order chi connectivity index (χ0) is 31.9. The van der Waals surface area contributed by atoms with Gasteiger partial charge in [0.05, 0.1) is 35.9 Å². The van der Waals surface area contributed by atoms with Crippen molar-refractivity contribution >= 4 is 11.7 Å². The number of halogens is 7. The smallest absolute Gasteiger partial charge is 0.394 e. The van der Waals surface area contributed by atoms with Crippen LogP contribution >= 0.6 is 0 Å². The molecular formula is C30H30F7N3O3. The number of anilines is 1. The standard InChI is InChI=1S/C30H30F7N3O3/c1-15(2)28(43)39-27(17-9-18(29(32,33)34)11-19(10-17)30(35,36)37)23-13-38-26(40-7-6-25(42)24(40)14-41)12-22(23)21-5-4-20(31)8-16(21)3/h4-5,8-13,15,24-25,27,41-42H,6-7,14H2,1-3H3,(H,39,43). The number of aryl methyl sites for hydroxylation is 1. The van der Waals surface area contributed by atoms with Crippen LogP contribution in [0.15, 0.2) is 48.7 Å². The topological polar surface area (TPSA) is 85.7 Å². The highest BCUT2D eigenvalue weighted by Crippen LogP contribution is 2.41. The van der Waals surface area contributed by atoms with E-state index < -0.39 is 71.5 Å². The van der Waals surface area contributed by atoms with Gasteiger partial charge in [-0.3, -0.25) is 4.79 Å². The third-order valence-corrected chi connectivity index (χ3v) is 7.46. The highest BCUT2D eigenvalue weighted by atomic mass is 19.4. The molecule has 0 radical (unpaired) electrons. The minimum atomic E-state index is -5.13. The van der Waals surface area contributed by atoms with Gasteiger partial charge in [0, 0.05) is 24.2 Å². The maximum absolute atomic E-state index is 14.1. The van der Waals surface area contributed by atoms with Gasteiger partial charge in [0.1, 0.15) is 11.6 Å². The number of nitrogens with zero attached hydrogens (tertiary/aromatic N) is 2. The lowest BCUT2D eigenvalue weighted by molar-refractivity contribution is -0.143. The molecule has 13 heteroatoms. The summed E-state index contributed by atoms with van der Waals surface area (Å²) in [6.07, 6.45) is -9.58. The van der Waals surface area contributed by atoms with Crippen molar-refractivity contribution in [3.05, 3.63) is 82.3 Å². The Morgan fingerprint density at radius 3 is 2.19 bits per heavy atom. The van der Waals surface area contributed by atoms with Crippen molar-refractivity contribution in [1.82, 2.24) is 10.3 Å². The number of benzene rings is 2. The van der Waals surface area contributed by atoms with Gasteiger partial charge in [-0.15, -0.1) is 0 Å². The second-order valence-corrected chi connectivity index (χ2v) is 10.8. The van der Waals surface area contributed by atoms with Crippen LogP contribution in [0.5, 0.6) is 0 Å². The van der Waals surface area contributed by atoms with Crippen LogP contribution in [0.1, 0.15) is 54.1 Å². The lowest BCUT2D eigenvalue weighted by Gasteiger charge is -2.29. The van der Waals surface area contributed by atoms with Gasteiger partial charge in [-0.25, -0.2) is 9.37 Å². The molecule has 1 fully saturated rings. The van der Waals surface area contributed by atoms with E-state index in [1.54, 1.807) is 11.8 Å². The van der Waals surface area contributed by atoms with Gasteiger partial charge in [0.15, 0.2) is 0 Å². The van der Waals surface area contributed by atoms with Crippen LogP contribution in [-0.4, -0.2) is 46.4 Å². The van der Waals surface area contributed by atoms with E-state index in [4.69, 9.17) is 0 Å². The molecule has 0 saturated carbocycles. The van der Waals surface area contributed by atoms with Crippen LogP contribution in [0.2, 0.25) is 0 Å². The van der Waals surface area contributed by atoms with Crippen LogP contribution in [0.4, 0.5) is 36.6 Å². The molecule has 1 saturated heterocycles. The fourth-order valence-corrected chi connectivity index (χ4v) is 5.14. The minimum Gasteiger partial charge on any atom is -0.394 e. The molecule has 43 heavy (non-hydrogen) atoms. The summed E-state index contributed by atoms with van der Waals surface area (Å²) >= 11 is 0. The average molecular weight is 614 g/mol. The van der Waals surface area contributed by atoms with E-state index in [0.29, 0.717) is 36.2 Å². The average Bonchev–Trinajstić information content (AvgIpc) is 3.30. The molecule has 0 aliphatic carbocycles. The Morgan fingerprint density at radius 2 is 1.65 bits per heavy atom. The quantitative estimate of drug-likeness (QED) is 0.284. The molecule has 1 aromatic heterocycles. The summed E-state index contributed by atoms with van der Waals surface area (Å²) in [5.41, 5.74) is -2.51. The number of aliphatic hydroxyl groups is 2. The number of hydrogen-bond acceptors (Lipinski definition) is 5. The zero-order valence-corrected chi connectivity index (χ0v) is 23.4. The lowest BCUT2D eigenvalue weighted by atomic mass is 9.88. The molecule has 6 nitrogen and oxygen atoms in total. The summed E-state index contributed by atoms with van der Waals surface area (Å²) in [4.78, 5) is 19.0. The Balaban J connectivity index is 2.01. The van der Waals surface area contributed by atoms with Gasteiger partial charge in [-0.1, -0.05) is 19.9 Å². The van der Waals surface area contributed by atoms with Crippen molar-refractivity contribution in [2.24, 2.45) is 5.92 Å². The number of aromatic nitrogens is 1. The first-order chi connectivity index (χ1) is 20.0. The number of carbonyl (C=O) groups is 1. The highest BCUT2D eigenvalue weighted by molar-refractivity contribution is 5.80. The van der Waals surface area contributed by atoms with E-state index >= 15 is 0 Å². The monoisotopic (exact) mass is 613 g/mol.